The van der Waals surface area contributed by atoms with Gasteiger partial charge in [-0.1, -0.05) is 22.9 Å². The number of sulfonamides is 1. The molecule has 7 heteroatoms. The van der Waals surface area contributed by atoms with Crippen molar-refractivity contribution in [1.29, 1.82) is 0 Å². The van der Waals surface area contributed by atoms with Gasteiger partial charge < -0.3 is 0 Å². The molecule has 0 aliphatic rings. The molecule has 18 heavy (non-hydrogen) atoms. The van der Waals surface area contributed by atoms with E-state index >= 15 is 0 Å². The van der Waals surface area contributed by atoms with Gasteiger partial charge in [-0.3, -0.25) is 4.98 Å². The Morgan fingerprint density at radius 3 is 2.78 bits per heavy atom. The zero-order valence-electron chi connectivity index (χ0n) is 10.1. The zero-order chi connectivity index (χ0) is 13.6. The Balaban J connectivity index is 2.51. The van der Waals surface area contributed by atoms with Crippen LogP contribution in [0.2, 0.25) is 0 Å². The van der Waals surface area contributed by atoms with E-state index in [1.807, 2.05) is 0 Å². The van der Waals surface area contributed by atoms with E-state index in [1.54, 1.807) is 6.20 Å². The highest BCUT2D eigenvalue weighted by molar-refractivity contribution is 9.10. The Kier molecular flexibility index (Phi) is 6.76. The third-order valence-corrected chi connectivity index (χ3v) is 5.39. The zero-order valence-corrected chi connectivity index (χ0v) is 14.1. The van der Waals surface area contributed by atoms with Gasteiger partial charge in [0.15, 0.2) is 0 Å². The van der Waals surface area contributed by atoms with Crippen LogP contribution in [0.15, 0.2) is 27.8 Å². The minimum Gasteiger partial charge on any atom is -0.262 e. The van der Waals surface area contributed by atoms with Crippen LogP contribution in [0.1, 0.15) is 19.8 Å². The maximum atomic E-state index is 11.9. The van der Waals surface area contributed by atoms with Gasteiger partial charge in [0.25, 0.3) is 0 Å². The SMILES string of the molecule is CC(CBr)CCCNS(=O)(=O)c1cncc(Br)c1. The number of rotatable bonds is 7. The third kappa shape index (κ3) is 5.34. The standard InChI is InChI=1S/C11H16Br2N2O2S/c1-9(6-12)3-2-4-15-18(16,17)11-5-10(13)7-14-8-11/h5,7-9,15H,2-4,6H2,1H3. The lowest BCUT2D eigenvalue weighted by atomic mass is 10.1. The molecule has 0 saturated carbocycles. The lowest BCUT2D eigenvalue weighted by Crippen LogP contribution is -2.25. The Hall–Kier alpha value is 0.0200. The summed E-state index contributed by atoms with van der Waals surface area (Å²) >= 11 is 6.60. The average molecular weight is 400 g/mol. The predicted octanol–water partition coefficient (Wildman–Crippen LogP) is 2.93. The average Bonchev–Trinajstić information content (AvgIpc) is 2.34. The molecule has 1 aromatic rings. The molecule has 1 aromatic heterocycles. The first-order valence-electron chi connectivity index (χ1n) is 5.62. The highest BCUT2D eigenvalue weighted by atomic mass is 79.9. The van der Waals surface area contributed by atoms with Crippen LogP contribution in [-0.4, -0.2) is 25.3 Å². The summed E-state index contributed by atoms with van der Waals surface area (Å²) in [6, 6.07) is 1.54. The second-order valence-corrected chi connectivity index (χ2v) is 7.47. The second kappa shape index (κ2) is 7.57. The van der Waals surface area contributed by atoms with Crippen LogP contribution in [0.5, 0.6) is 0 Å². The van der Waals surface area contributed by atoms with Gasteiger partial charge in [-0.15, -0.1) is 0 Å². The molecule has 102 valence electrons. The van der Waals surface area contributed by atoms with Gasteiger partial charge >= 0.3 is 0 Å². The Labute approximate surface area is 125 Å². The largest absolute Gasteiger partial charge is 0.262 e. The minimum absolute atomic E-state index is 0.186. The van der Waals surface area contributed by atoms with E-state index in [1.165, 1.54) is 12.3 Å². The van der Waals surface area contributed by atoms with E-state index < -0.39 is 10.0 Å². The molecular weight excluding hydrogens is 384 g/mol. The summed E-state index contributed by atoms with van der Waals surface area (Å²) in [4.78, 5) is 4.03. The molecule has 1 N–H and O–H groups in total. The van der Waals surface area contributed by atoms with Crippen LogP contribution in [-0.2, 0) is 10.0 Å². The second-order valence-electron chi connectivity index (χ2n) is 4.14. The first kappa shape index (κ1) is 16.1. The van der Waals surface area contributed by atoms with Gasteiger partial charge in [-0.25, -0.2) is 13.1 Å². The van der Waals surface area contributed by atoms with Crippen LogP contribution in [0.4, 0.5) is 0 Å². The predicted molar refractivity (Wildman–Crippen MR) is 79.3 cm³/mol. The summed E-state index contributed by atoms with van der Waals surface area (Å²) in [5, 5.41) is 0.940. The molecule has 0 spiro atoms. The van der Waals surface area contributed by atoms with Crippen LogP contribution < -0.4 is 4.72 Å². The molecule has 0 amide bonds. The molecule has 0 aliphatic heterocycles. The molecule has 0 aliphatic carbocycles. The Morgan fingerprint density at radius 1 is 1.44 bits per heavy atom. The van der Waals surface area contributed by atoms with Gasteiger partial charge in [0.2, 0.25) is 10.0 Å². The van der Waals surface area contributed by atoms with Crippen LogP contribution in [0, 0.1) is 5.92 Å². The van der Waals surface area contributed by atoms with E-state index in [4.69, 9.17) is 0 Å². The van der Waals surface area contributed by atoms with Crippen molar-refractivity contribution in [2.24, 2.45) is 5.92 Å². The van der Waals surface area contributed by atoms with Crippen molar-refractivity contribution in [3.63, 3.8) is 0 Å². The van der Waals surface area contributed by atoms with Gasteiger partial charge in [0.1, 0.15) is 4.90 Å². The normalized spacial score (nSPS) is 13.5. The Morgan fingerprint density at radius 2 is 2.17 bits per heavy atom. The van der Waals surface area contributed by atoms with Crippen molar-refractivity contribution in [3.05, 3.63) is 22.9 Å². The molecule has 1 rings (SSSR count). The van der Waals surface area contributed by atoms with Crippen LogP contribution in [0.3, 0.4) is 0 Å². The van der Waals surface area contributed by atoms with E-state index in [0.717, 1.165) is 18.2 Å². The van der Waals surface area contributed by atoms with Crippen molar-refractivity contribution in [1.82, 2.24) is 9.71 Å². The number of hydrogen-bond donors (Lipinski definition) is 1. The topological polar surface area (TPSA) is 59.1 Å². The van der Waals surface area contributed by atoms with Gasteiger partial charge in [-0.05, 0) is 40.8 Å². The van der Waals surface area contributed by atoms with E-state index in [9.17, 15) is 8.42 Å². The number of nitrogens with zero attached hydrogens (tertiary/aromatic N) is 1. The fraction of sp³-hybridized carbons (Fsp3) is 0.545. The summed E-state index contributed by atoms with van der Waals surface area (Å²) in [6.07, 6.45) is 4.71. The molecule has 0 saturated heterocycles. The first-order chi connectivity index (χ1) is 8.45. The van der Waals surface area contributed by atoms with Gasteiger partial charge in [0, 0.05) is 28.7 Å². The fourth-order valence-corrected chi connectivity index (χ4v) is 3.26. The number of alkyl halides is 1. The smallest absolute Gasteiger partial charge is 0.242 e. The molecule has 1 unspecified atom stereocenters. The maximum Gasteiger partial charge on any atom is 0.242 e. The summed E-state index contributed by atoms with van der Waals surface area (Å²) < 4.78 is 27.1. The highest BCUT2D eigenvalue weighted by Gasteiger charge is 2.14. The number of pyridine rings is 1. The van der Waals surface area contributed by atoms with E-state index in [0.29, 0.717) is 16.9 Å². The third-order valence-electron chi connectivity index (χ3n) is 2.42. The van der Waals surface area contributed by atoms with Crippen molar-refractivity contribution in [3.8, 4) is 0 Å². The first-order valence-corrected chi connectivity index (χ1v) is 9.01. The van der Waals surface area contributed by atoms with Crippen molar-refractivity contribution in [2.45, 2.75) is 24.7 Å². The highest BCUT2D eigenvalue weighted by Crippen LogP contribution is 2.14. The lowest BCUT2D eigenvalue weighted by molar-refractivity contribution is 0.546. The summed E-state index contributed by atoms with van der Waals surface area (Å²) in [5.74, 6) is 0.557. The molecule has 1 heterocycles. The van der Waals surface area contributed by atoms with E-state index in [2.05, 4.69) is 48.5 Å². The number of aromatic nitrogens is 1. The van der Waals surface area contributed by atoms with Crippen molar-refractivity contribution >= 4 is 41.9 Å². The summed E-state index contributed by atoms with van der Waals surface area (Å²) in [5.41, 5.74) is 0. The van der Waals surface area contributed by atoms with Crippen molar-refractivity contribution in [2.75, 3.05) is 11.9 Å². The van der Waals surface area contributed by atoms with Gasteiger partial charge in [0.05, 0.1) is 0 Å². The quantitative estimate of drug-likeness (QED) is 0.566. The molecular formula is C11H16Br2N2O2S. The fourth-order valence-electron chi connectivity index (χ4n) is 1.36. The molecule has 0 bridgehead atoms. The monoisotopic (exact) mass is 398 g/mol. The lowest BCUT2D eigenvalue weighted by Gasteiger charge is -2.09. The number of hydrogen-bond acceptors (Lipinski definition) is 3. The molecule has 0 radical (unpaired) electrons. The number of halogens is 2. The molecule has 0 aromatic carbocycles. The summed E-state index contributed by atoms with van der Waals surface area (Å²) in [6.45, 7) is 2.58. The maximum absolute atomic E-state index is 11.9. The molecule has 0 fully saturated rings. The van der Waals surface area contributed by atoms with Crippen LogP contribution in [0.25, 0.3) is 0 Å². The summed E-state index contributed by atoms with van der Waals surface area (Å²) in [7, 11) is -3.44. The van der Waals surface area contributed by atoms with Crippen molar-refractivity contribution < 1.29 is 8.42 Å². The van der Waals surface area contributed by atoms with Gasteiger partial charge in [-0.2, -0.15) is 0 Å². The number of nitrogens with one attached hydrogen (secondary N) is 1. The van der Waals surface area contributed by atoms with E-state index in [-0.39, 0.29) is 4.90 Å². The minimum atomic E-state index is -3.44. The molecule has 4 nitrogen and oxygen atoms in total. The van der Waals surface area contributed by atoms with Crippen LogP contribution >= 0.6 is 31.9 Å². The molecule has 1 atom stereocenters. The Bertz CT molecular complexity index is 480.